The van der Waals surface area contributed by atoms with E-state index < -0.39 is 0 Å². The average Bonchev–Trinajstić information content (AvgIpc) is 2.35. The molecule has 0 saturated heterocycles. The summed E-state index contributed by atoms with van der Waals surface area (Å²) in [6.07, 6.45) is 2.68. The van der Waals surface area contributed by atoms with E-state index >= 15 is 0 Å². The summed E-state index contributed by atoms with van der Waals surface area (Å²) in [7, 11) is 4.34. The van der Waals surface area contributed by atoms with Gasteiger partial charge in [0.1, 0.15) is 0 Å². The molecule has 0 aromatic rings. The molecule has 2 fully saturated rings. The van der Waals surface area contributed by atoms with Gasteiger partial charge in [0.05, 0.1) is 0 Å². The van der Waals surface area contributed by atoms with Gasteiger partial charge in [-0.15, -0.1) is 0 Å². The monoisotopic (exact) mass is 196 g/mol. The highest BCUT2D eigenvalue weighted by Crippen LogP contribution is 2.65. The normalized spacial score (nSPS) is 50.4. The van der Waals surface area contributed by atoms with Crippen molar-refractivity contribution in [1.82, 2.24) is 4.90 Å². The number of nitrogens with two attached hydrogens (primary N) is 1. The number of hydrogen-bond acceptors (Lipinski definition) is 2. The molecular weight excluding hydrogens is 172 g/mol. The Bertz CT molecular complexity index is 247. The first-order valence-corrected chi connectivity index (χ1v) is 5.74. The van der Waals surface area contributed by atoms with E-state index in [0.717, 1.165) is 5.92 Å². The van der Waals surface area contributed by atoms with Gasteiger partial charge >= 0.3 is 0 Å². The lowest BCUT2D eigenvalue weighted by atomic mass is 9.69. The molecule has 2 bridgehead atoms. The molecule has 0 aromatic carbocycles. The molecule has 14 heavy (non-hydrogen) atoms. The van der Waals surface area contributed by atoms with Crippen molar-refractivity contribution in [2.45, 2.75) is 45.7 Å². The van der Waals surface area contributed by atoms with E-state index in [1.807, 2.05) is 0 Å². The first kappa shape index (κ1) is 10.4. The summed E-state index contributed by atoms with van der Waals surface area (Å²) < 4.78 is 0. The Hall–Kier alpha value is -0.0800. The minimum Gasteiger partial charge on any atom is -0.326 e. The Kier molecular flexibility index (Phi) is 2.04. The van der Waals surface area contributed by atoms with Crippen LogP contribution in [0.3, 0.4) is 0 Å². The minimum atomic E-state index is 0.353. The van der Waals surface area contributed by atoms with Crippen LogP contribution in [0.15, 0.2) is 0 Å². The van der Waals surface area contributed by atoms with Crippen LogP contribution in [0.1, 0.15) is 33.6 Å². The van der Waals surface area contributed by atoms with Gasteiger partial charge in [-0.1, -0.05) is 20.8 Å². The van der Waals surface area contributed by atoms with Gasteiger partial charge in [-0.3, -0.25) is 0 Å². The van der Waals surface area contributed by atoms with Gasteiger partial charge < -0.3 is 10.6 Å². The summed E-state index contributed by atoms with van der Waals surface area (Å²) in [6.45, 7) is 7.21. The van der Waals surface area contributed by atoms with Crippen molar-refractivity contribution < 1.29 is 0 Å². The number of rotatable bonds is 1. The summed E-state index contributed by atoms with van der Waals surface area (Å²) in [4.78, 5) is 2.33. The van der Waals surface area contributed by atoms with Crippen LogP contribution in [0.2, 0.25) is 0 Å². The number of fused-ring (bicyclic) bond motifs is 2. The molecular formula is C12H24N2. The largest absolute Gasteiger partial charge is 0.326 e. The molecule has 0 amide bonds. The van der Waals surface area contributed by atoms with Gasteiger partial charge in [0, 0.05) is 12.1 Å². The third-order valence-electron chi connectivity index (χ3n) is 5.49. The predicted octanol–water partition coefficient (Wildman–Crippen LogP) is 1.70. The molecule has 0 aliphatic heterocycles. The van der Waals surface area contributed by atoms with Crippen LogP contribution in [0, 0.1) is 16.7 Å². The van der Waals surface area contributed by atoms with Crippen LogP contribution in [-0.4, -0.2) is 31.1 Å². The number of nitrogens with zero attached hydrogens (tertiary/aromatic N) is 1. The predicted molar refractivity (Wildman–Crippen MR) is 60.1 cm³/mol. The van der Waals surface area contributed by atoms with Gasteiger partial charge in [0.2, 0.25) is 0 Å². The van der Waals surface area contributed by atoms with E-state index in [0.29, 0.717) is 22.9 Å². The Morgan fingerprint density at radius 3 is 2.07 bits per heavy atom. The maximum atomic E-state index is 6.43. The Labute approximate surface area is 87.8 Å². The Morgan fingerprint density at radius 2 is 1.79 bits per heavy atom. The van der Waals surface area contributed by atoms with Crippen molar-refractivity contribution in [2.75, 3.05) is 14.1 Å². The van der Waals surface area contributed by atoms with Gasteiger partial charge in [-0.05, 0) is 43.7 Å². The van der Waals surface area contributed by atoms with E-state index in [1.165, 1.54) is 12.8 Å². The molecule has 2 rings (SSSR count). The zero-order valence-corrected chi connectivity index (χ0v) is 10.2. The molecule has 2 nitrogen and oxygen atoms in total. The fraction of sp³-hybridized carbons (Fsp3) is 1.00. The maximum Gasteiger partial charge on any atom is 0.0280 e. The molecule has 82 valence electrons. The molecule has 0 radical (unpaired) electrons. The van der Waals surface area contributed by atoms with Crippen LogP contribution in [0.5, 0.6) is 0 Å². The SMILES string of the molecule is CN(C)[C@H]1[C@H]2CC[C@@](C)([C@@H]1N)C2(C)C. The first-order valence-electron chi connectivity index (χ1n) is 5.74. The van der Waals surface area contributed by atoms with Gasteiger partial charge in [0.25, 0.3) is 0 Å². The smallest absolute Gasteiger partial charge is 0.0280 e. The molecule has 0 unspecified atom stereocenters. The van der Waals surface area contributed by atoms with Crippen molar-refractivity contribution in [1.29, 1.82) is 0 Å². The lowest BCUT2D eigenvalue weighted by molar-refractivity contribution is 0.133. The Balaban J connectivity index is 2.39. The molecule has 2 aliphatic rings. The standard InChI is InChI=1S/C12H24N2/c1-11(2)8-6-7-12(11,3)10(13)9(8)14(4)5/h8-10H,6-7,13H2,1-5H3/t8-,9+,10-,12+/m1/s1. The molecule has 0 aromatic heterocycles. The average molecular weight is 196 g/mol. The second kappa shape index (κ2) is 2.73. The molecule has 0 spiro atoms. The summed E-state index contributed by atoms with van der Waals surface area (Å²) in [5.41, 5.74) is 7.21. The zero-order valence-electron chi connectivity index (χ0n) is 10.2. The highest BCUT2D eigenvalue weighted by Gasteiger charge is 2.65. The summed E-state index contributed by atoms with van der Waals surface area (Å²) in [5, 5.41) is 0. The third kappa shape index (κ3) is 0.938. The second-order valence-corrected chi connectivity index (χ2v) is 6.26. The van der Waals surface area contributed by atoms with E-state index in [1.54, 1.807) is 0 Å². The van der Waals surface area contributed by atoms with E-state index in [-0.39, 0.29) is 0 Å². The molecule has 2 heteroatoms. The van der Waals surface area contributed by atoms with Crippen molar-refractivity contribution in [3.8, 4) is 0 Å². The van der Waals surface area contributed by atoms with E-state index in [9.17, 15) is 0 Å². The van der Waals surface area contributed by atoms with Gasteiger partial charge in [-0.2, -0.15) is 0 Å². The molecule has 4 atom stereocenters. The van der Waals surface area contributed by atoms with Crippen LogP contribution < -0.4 is 5.73 Å². The molecule has 0 heterocycles. The van der Waals surface area contributed by atoms with Crippen molar-refractivity contribution in [2.24, 2.45) is 22.5 Å². The number of hydrogen-bond donors (Lipinski definition) is 1. The van der Waals surface area contributed by atoms with Gasteiger partial charge in [0.15, 0.2) is 0 Å². The molecule has 2 aliphatic carbocycles. The first-order chi connectivity index (χ1) is 6.32. The van der Waals surface area contributed by atoms with Crippen LogP contribution in [-0.2, 0) is 0 Å². The fourth-order valence-electron chi connectivity index (χ4n) is 4.06. The zero-order chi connectivity index (χ0) is 10.7. The third-order valence-corrected chi connectivity index (χ3v) is 5.49. The minimum absolute atomic E-state index is 0.353. The van der Waals surface area contributed by atoms with Gasteiger partial charge in [-0.25, -0.2) is 0 Å². The maximum absolute atomic E-state index is 6.43. The molecule has 2 N–H and O–H groups in total. The fourth-order valence-corrected chi connectivity index (χ4v) is 4.06. The van der Waals surface area contributed by atoms with Crippen molar-refractivity contribution in [3.05, 3.63) is 0 Å². The highest BCUT2D eigenvalue weighted by atomic mass is 15.2. The van der Waals surface area contributed by atoms with Crippen LogP contribution in [0.25, 0.3) is 0 Å². The van der Waals surface area contributed by atoms with Crippen LogP contribution >= 0.6 is 0 Å². The van der Waals surface area contributed by atoms with E-state index in [4.69, 9.17) is 5.73 Å². The van der Waals surface area contributed by atoms with Crippen LogP contribution in [0.4, 0.5) is 0 Å². The summed E-state index contributed by atoms with van der Waals surface area (Å²) in [5.74, 6) is 0.789. The second-order valence-electron chi connectivity index (χ2n) is 6.26. The number of likely N-dealkylation sites (N-methyl/N-ethyl adjacent to an activating group) is 1. The van der Waals surface area contributed by atoms with E-state index in [2.05, 4.69) is 39.8 Å². The topological polar surface area (TPSA) is 29.3 Å². The lowest BCUT2D eigenvalue weighted by Gasteiger charge is -2.39. The lowest BCUT2D eigenvalue weighted by Crippen LogP contribution is -2.51. The quantitative estimate of drug-likeness (QED) is 0.691. The van der Waals surface area contributed by atoms with Crippen molar-refractivity contribution in [3.63, 3.8) is 0 Å². The Morgan fingerprint density at radius 1 is 1.21 bits per heavy atom. The highest BCUT2D eigenvalue weighted by molar-refractivity contribution is 5.18. The summed E-state index contributed by atoms with van der Waals surface area (Å²) >= 11 is 0. The summed E-state index contributed by atoms with van der Waals surface area (Å²) in [6, 6.07) is 0.940. The van der Waals surface area contributed by atoms with Crippen molar-refractivity contribution >= 4 is 0 Å². The molecule has 2 saturated carbocycles.